The van der Waals surface area contributed by atoms with Crippen molar-refractivity contribution in [3.63, 3.8) is 0 Å². The van der Waals surface area contributed by atoms with Gasteiger partial charge in [0.05, 0.1) is 11.9 Å². The molecular formula is C26H24ClN7O7. The van der Waals surface area contributed by atoms with E-state index in [0.717, 1.165) is 0 Å². The lowest BCUT2D eigenvalue weighted by atomic mass is 10.1. The second kappa shape index (κ2) is 10.6. The average Bonchev–Trinajstić information content (AvgIpc) is 3.59. The summed E-state index contributed by atoms with van der Waals surface area (Å²) >= 11 is 5.96. The van der Waals surface area contributed by atoms with Gasteiger partial charge in [-0.1, -0.05) is 29.8 Å². The summed E-state index contributed by atoms with van der Waals surface area (Å²) in [6.07, 6.45) is 0.383. The quantitative estimate of drug-likeness (QED) is 0.272. The molecule has 4 unspecified atom stereocenters. The number of anilines is 2. The number of aromatic nitrogens is 5. The van der Waals surface area contributed by atoms with Crippen molar-refractivity contribution in [3.05, 3.63) is 65.8 Å². The highest BCUT2D eigenvalue weighted by atomic mass is 35.5. The number of para-hydroxylation sites is 1. The fraction of sp³-hybridized carbons (Fsp3) is 0.308. The molecule has 4 atom stereocenters. The number of fused-ring (bicyclic) bond motifs is 2. The van der Waals surface area contributed by atoms with Crippen LogP contribution in [0.3, 0.4) is 0 Å². The summed E-state index contributed by atoms with van der Waals surface area (Å²) < 4.78 is 26.1. The van der Waals surface area contributed by atoms with E-state index in [0.29, 0.717) is 16.9 Å². The van der Waals surface area contributed by atoms with Crippen LogP contribution in [0.2, 0.25) is 5.15 Å². The molecule has 212 valence electrons. The predicted molar refractivity (Wildman–Crippen MR) is 144 cm³/mol. The minimum atomic E-state index is -1.16. The Morgan fingerprint density at radius 1 is 1.10 bits per heavy atom. The third kappa shape index (κ3) is 5.50. The Balaban J connectivity index is 1.23. The molecule has 2 amide bonds. The van der Waals surface area contributed by atoms with E-state index in [1.807, 2.05) is 18.2 Å². The van der Waals surface area contributed by atoms with Crippen LogP contribution in [0.25, 0.3) is 11.2 Å². The number of nitrogens with zero attached hydrogens (tertiary/aromatic N) is 5. The molecule has 0 bridgehead atoms. The molecule has 5 heterocycles. The number of carbonyl (C=O) groups excluding carboxylic acids is 1. The largest absolute Gasteiger partial charge is 0.478 e. The van der Waals surface area contributed by atoms with Crippen LogP contribution in [-0.2, 0) is 14.2 Å². The number of pyridine rings is 1. The number of nitrogens with one attached hydrogen (secondary N) is 2. The van der Waals surface area contributed by atoms with Gasteiger partial charge in [-0.05, 0) is 32.0 Å². The summed E-state index contributed by atoms with van der Waals surface area (Å²) in [5, 5.41) is 14.7. The number of halogens is 1. The van der Waals surface area contributed by atoms with Crippen LogP contribution in [0, 0.1) is 0 Å². The van der Waals surface area contributed by atoms with Gasteiger partial charge in [0.15, 0.2) is 29.0 Å². The Hall–Kier alpha value is -4.37. The number of ether oxygens (including phenoxy) is 4. The SMILES string of the molecule is CC1(C)OC2C(COc3cc(C(=O)O)cc(Cl)n3)OC(n3cnc4c(NC(=O)Nc5ccccc5)ncnc43)C2O1. The number of carbonyl (C=O) groups is 2. The molecule has 1 aromatic carbocycles. The number of amides is 2. The maximum absolute atomic E-state index is 12.6. The first kappa shape index (κ1) is 26.8. The number of hydrogen-bond acceptors (Lipinski definition) is 10. The van der Waals surface area contributed by atoms with Gasteiger partial charge in [0.2, 0.25) is 5.88 Å². The van der Waals surface area contributed by atoms with Gasteiger partial charge in [-0.3, -0.25) is 9.88 Å². The summed E-state index contributed by atoms with van der Waals surface area (Å²) in [7, 11) is 0. The second-order valence-electron chi connectivity index (χ2n) is 9.75. The molecule has 3 aromatic heterocycles. The zero-order valence-corrected chi connectivity index (χ0v) is 22.5. The van der Waals surface area contributed by atoms with Crippen molar-refractivity contribution >= 4 is 46.3 Å². The molecule has 14 nitrogen and oxygen atoms in total. The van der Waals surface area contributed by atoms with Crippen LogP contribution in [-0.4, -0.2) is 72.3 Å². The molecule has 0 spiro atoms. The Morgan fingerprint density at radius 3 is 2.66 bits per heavy atom. The molecule has 0 radical (unpaired) electrons. The molecule has 0 aliphatic carbocycles. The van der Waals surface area contributed by atoms with E-state index in [4.69, 9.17) is 30.5 Å². The lowest BCUT2D eigenvalue weighted by Gasteiger charge is -2.24. The van der Waals surface area contributed by atoms with E-state index in [2.05, 4.69) is 30.6 Å². The highest BCUT2D eigenvalue weighted by Crippen LogP contribution is 2.44. The Bertz CT molecular complexity index is 1620. The first-order valence-corrected chi connectivity index (χ1v) is 12.9. The smallest absolute Gasteiger partial charge is 0.335 e. The van der Waals surface area contributed by atoms with Crippen molar-refractivity contribution in [2.75, 3.05) is 17.2 Å². The molecule has 41 heavy (non-hydrogen) atoms. The number of carboxylic acids is 1. The Morgan fingerprint density at radius 2 is 1.88 bits per heavy atom. The van der Waals surface area contributed by atoms with E-state index in [1.54, 1.807) is 30.5 Å². The molecule has 0 saturated carbocycles. The van der Waals surface area contributed by atoms with Gasteiger partial charge in [-0.15, -0.1) is 0 Å². The molecule has 2 saturated heterocycles. The molecule has 2 aliphatic heterocycles. The van der Waals surface area contributed by atoms with E-state index >= 15 is 0 Å². The van der Waals surface area contributed by atoms with Gasteiger partial charge in [0.25, 0.3) is 0 Å². The van der Waals surface area contributed by atoms with Crippen molar-refractivity contribution in [1.29, 1.82) is 0 Å². The van der Waals surface area contributed by atoms with Crippen LogP contribution in [0.1, 0.15) is 30.4 Å². The average molecular weight is 582 g/mol. The number of urea groups is 1. The lowest BCUT2D eigenvalue weighted by molar-refractivity contribution is -0.199. The monoisotopic (exact) mass is 581 g/mol. The highest BCUT2D eigenvalue weighted by molar-refractivity contribution is 6.29. The van der Waals surface area contributed by atoms with E-state index in [9.17, 15) is 14.7 Å². The van der Waals surface area contributed by atoms with Crippen molar-refractivity contribution < 1.29 is 33.6 Å². The second-order valence-corrected chi connectivity index (χ2v) is 10.1. The van der Waals surface area contributed by atoms with Gasteiger partial charge in [0, 0.05) is 11.8 Å². The number of rotatable bonds is 7. The Kier molecular flexibility index (Phi) is 6.91. The third-order valence-electron chi connectivity index (χ3n) is 6.43. The maximum atomic E-state index is 12.6. The number of aromatic carboxylic acids is 1. The van der Waals surface area contributed by atoms with Crippen molar-refractivity contribution in [2.24, 2.45) is 0 Å². The van der Waals surface area contributed by atoms with Gasteiger partial charge in [0.1, 0.15) is 36.4 Å². The number of hydrogen-bond donors (Lipinski definition) is 3. The molecule has 2 fully saturated rings. The molecule has 4 aromatic rings. The topological polar surface area (TPSA) is 172 Å². The van der Waals surface area contributed by atoms with Crippen LogP contribution < -0.4 is 15.4 Å². The summed E-state index contributed by atoms with van der Waals surface area (Å²) in [6, 6.07) is 11.0. The van der Waals surface area contributed by atoms with Crippen LogP contribution >= 0.6 is 11.6 Å². The summed E-state index contributed by atoms with van der Waals surface area (Å²) in [5.41, 5.74) is 1.30. The molecule has 3 N–H and O–H groups in total. The number of carboxylic acid groups (broad SMARTS) is 1. The minimum absolute atomic E-state index is 0.0176. The van der Waals surface area contributed by atoms with Gasteiger partial charge in [-0.2, -0.15) is 0 Å². The van der Waals surface area contributed by atoms with Gasteiger partial charge < -0.3 is 29.4 Å². The van der Waals surface area contributed by atoms with Gasteiger partial charge in [-0.25, -0.2) is 29.5 Å². The van der Waals surface area contributed by atoms with E-state index < -0.39 is 42.3 Å². The van der Waals surface area contributed by atoms with Crippen LogP contribution in [0.4, 0.5) is 16.3 Å². The lowest BCUT2D eigenvalue weighted by Crippen LogP contribution is -2.34. The molecule has 15 heteroatoms. The van der Waals surface area contributed by atoms with Crippen molar-refractivity contribution in [3.8, 4) is 5.88 Å². The van der Waals surface area contributed by atoms with E-state index in [1.165, 1.54) is 24.8 Å². The van der Waals surface area contributed by atoms with Crippen LogP contribution in [0.15, 0.2) is 55.1 Å². The van der Waals surface area contributed by atoms with Crippen molar-refractivity contribution in [1.82, 2.24) is 24.5 Å². The fourth-order valence-electron chi connectivity index (χ4n) is 4.78. The number of benzene rings is 1. The number of imidazole rings is 1. The zero-order chi connectivity index (χ0) is 28.7. The van der Waals surface area contributed by atoms with Crippen molar-refractivity contribution in [2.45, 2.75) is 44.2 Å². The zero-order valence-electron chi connectivity index (χ0n) is 21.7. The fourth-order valence-corrected chi connectivity index (χ4v) is 4.98. The van der Waals surface area contributed by atoms with Gasteiger partial charge >= 0.3 is 12.0 Å². The summed E-state index contributed by atoms with van der Waals surface area (Å²) in [6.45, 7) is 3.55. The molecule has 6 rings (SSSR count). The molecular weight excluding hydrogens is 558 g/mol. The normalized spacial score (nSPS) is 22.8. The predicted octanol–water partition coefficient (Wildman–Crippen LogP) is 3.71. The third-order valence-corrected chi connectivity index (χ3v) is 6.63. The highest BCUT2D eigenvalue weighted by Gasteiger charge is 2.56. The first-order valence-electron chi connectivity index (χ1n) is 12.5. The summed E-state index contributed by atoms with van der Waals surface area (Å²) in [5.74, 6) is -1.83. The molecule has 2 aliphatic rings. The maximum Gasteiger partial charge on any atom is 0.335 e. The minimum Gasteiger partial charge on any atom is -0.478 e. The van der Waals surface area contributed by atoms with Crippen LogP contribution in [0.5, 0.6) is 5.88 Å². The standard InChI is InChI=1S/C26H24ClN7O7/c1-26(2)40-19-15(10-38-17-9-13(24(35)36)8-16(27)32-17)39-23(20(19)41-26)34-12-30-18-21(28-11-29-22(18)34)33-25(37)31-14-6-4-3-5-7-14/h3-9,11-12,15,19-20,23H,10H2,1-2H3,(H,35,36)(H2,28,29,31,33,37). The Labute approximate surface area is 237 Å². The first-order chi connectivity index (χ1) is 19.7. The summed E-state index contributed by atoms with van der Waals surface area (Å²) in [4.78, 5) is 41.0. The van der Waals surface area contributed by atoms with E-state index in [-0.39, 0.29) is 29.0 Å².